The summed E-state index contributed by atoms with van der Waals surface area (Å²) in [6, 6.07) is 8.79. The molecule has 0 saturated heterocycles. The second kappa shape index (κ2) is 6.59. The number of aliphatic hydroxyl groups excluding tert-OH is 1. The highest BCUT2D eigenvalue weighted by atomic mass is 16.3. The summed E-state index contributed by atoms with van der Waals surface area (Å²) in [4.78, 5) is 1.90. The maximum Gasteiger partial charge on any atom is 0.0954 e. The van der Waals surface area contributed by atoms with Gasteiger partial charge in [-0.25, -0.2) is 0 Å². The van der Waals surface area contributed by atoms with E-state index in [1.807, 2.05) is 11.9 Å². The summed E-state index contributed by atoms with van der Waals surface area (Å²) in [5.74, 6) is 0. The van der Waals surface area contributed by atoms with Gasteiger partial charge in [-0.15, -0.1) is 0 Å². The molecule has 2 nitrogen and oxygen atoms in total. The van der Waals surface area contributed by atoms with Crippen LogP contribution in [0, 0.1) is 0 Å². The van der Waals surface area contributed by atoms with Crippen molar-refractivity contribution in [2.45, 2.75) is 26.2 Å². The number of likely N-dealkylation sites (N-methyl/N-ethyl adjacent to an activating group) is 1. The fourth-order valence-electron chi connectivity index (χ4n) is 1.55. The molecule has 0 fully saturated rings. The first-order valence-corrected chi connectivity index (χ1v) is 5.63. The second-order valence-electron chi connectivity index (χ2n) is 4.04. The maximum absolute atomic E-state index is 8.85. The number of hydrogen-bond acceptors (Lipinski definition) is 2. The van der Waals surface area contributed by atoms with Gasteiger partial charge in [-0.1, -0.05) is 37.6 Å². The van der Waals surface area contributed by atoms with Crippen LogP contribution in [0.15, 0.2) is 24.3 Å². The summed E-state index contributed by atoms with van der Waals surface area (Å²) in [6.45, 7) is 3.24. The Morgan fingerprint density at radius 1 is 1.07 bits per heavy atom. The van der Waals surface area contributed by atoms with Gasteiger partial charge in [0.1, 0.15) is 0 Å². The number of nitrogens with zero attached hydrogens (tertiary/aromatic N) is 1. The van der Waals surface area contributed by atoms with Gasteiger partial charge in [-0.2, -0.15) is 0 Å². The van der Waals surface area contributed by atoms with E-state index in [0.717, 1.165) is 19.4 Å². The first-order valence-electron chi connectivity index (χ1n) is 5.63. The molecule has 1 aromatic rings. The molecule has 0 spiro atoms. The standard InChI is InChI=1S/C13H21NO/c1-3-4-12-5-7-13(8-6-12)9-10-14(2)11-15/h5-8,15H,3-4,9-11H2,1-2H3. The Morgan fingerprint density at radius 3 is 2.07 bits per heavy atom. The minimum Gasteiger partial charge on any atom is -0.381 e. The second-order valence-corrected chi connectivity index (χ2v) is 4.04. The van der Waals surface area contributed by atoms with Crippen LogP contribution < -0.4 is 0 Å². The Bertz CT molecular complexity index is 268. The van der Waals surface area contributed by atoms with Crippen LogP contribution in [0.4, 0.5) is 0 Å². The van der Waals surface area contributed by atoms with Crippen molar-refractivity contribution in [1.82, 2.24) is 4.90 Å². The molecular weight excluding hydrogens is 186 g/mol. The zero-order valence-corrected chi connectivity index (χ0v) is 9.74. The van der Waals surface area contributed by atoms with Crippen molar-refractivity contribution in [3.63, 3.8) is 0 Å². The van der Waals surface area contributed by atoms with Crippen molar-refractivity contribution in [2.75, 3.05) is 20.3 Å². The highest BCUT2D eigenvalue weighted by molar-refractivity contribution is 5.22. The van der Waals surface area contributed by atoms with Crippen LogP contribution in [0.25, 0.3) is 0 Å². The van der Waals surface area contributed by atoms with E-state index >= 15 is 0 Å². The normalized spacial score (nSPS) is 10.9. The van der Waals surface area contributed by atoms with E-state index in [-0.39, 0.29) is 6.73 Å². The van der Waals surface area contributed by atoms with Crippen molar-refractivity contribution in [1.29, 1.82) is 0 Å². The molecule has 1 N–H and O–H groups in total. The Morgan fingerprint density at radius 2 is 1.60 bits per heavy atom. The summed E-state index contributed by atoms with van der Waals surface area (Å²) < 4.78 is 0. The van der Waals surface area contributed by atoms with E-state index in [2.05, 4.69) is 31.2 Å². The molecular formula is C13H21NO. The van der Waals surface area contributed by atoms with E-state index in [1.165, 1.54) is 17.5 Å². The highest BCUT2D eigenvalue weighted by Crippen LogP contribution is 2.07. The summed E-state index contributed by atoms with van der Waals surface area (Å²) >= 11 is 0. The molecule has 0 amide bonds. The molecule has 1 rings (SSSR count). The minimum absolute atomic E-state index is 0.133. The molecule has 0 unspecified atom stereocenters. The van der Waals surface area contributed by atoms with Crippen molar-refractivity contribution in [3.8, 4) is 0 Å². The predicted octanol–water partition coefficient (Wildman–Crippen LogP) is 2.06. The van der Waals surface area contributed by atoms with Gasteiger partial charge in [0.25, 0.3) is 0 Å². The summed E-state index contributed by atoms with van der Waals surface area (Å²) in [7, 11) is 1.92. The van der Waals surface area contributed by atoms with E-state index in [9.17, 15) is 0 Å². The quantitative estimate of drug-likeness (QED) is 0.722. The van der Waals surface area contributed by atoms with E-state index < -0.39 is 0 Å². The molecule has 0 bridgehead atoms. The topological polar surface area (TPSA) is 23.5 Å². The number of rotatable bonds is 6. The van der Waals surface area contributed by atoms with E-state index in [1.54, 1.807) is 0 Å². The van der Waals surface area contributed by atoms with Crippen LogP contribution >= 0.6 is 0 Å². The van der Waals surface area contributed by atoms with Gasteiger partial charge in [0.05, 0.1) is 6.73 Å². The van der Waals surface area contributed by atoms with Crippen molar-refractivity contribution < 1.29 is 5.11 Å². The van der Waals surface area contributed by atoms with Gasteiger partial charge in [0, 0.05) is 6.54 Å². The van der Waals surface area contributed by atoms with E-state index in [4.69, 9.17) is 5.11 Å². The third-order valence-electron chi connectivity index (χ3n) is 2.59. The van der Waals surface area contributed by atoms with Crippen LogP contribution in [0.2, 0.25) is 0 Å². The fourth-order valence-corrected chi connectivity index (χ4v) is 1.55. The van der Waals surface area contributed by atoms with Crippen molar-refractivity contribution in [2.24, 2.45) is 0 Å². The molecule has 0 radical (unpaired) electrons. The third-order valence-corrected chi connectivity index (χ3v) is 2.59. The molecule has 0 aliphatic rings. The Hall–Kier alpha value is -0.860. The molecule has 0 heterocycles. The predicted molar refractivity (Wildman–Crippen MR) is 63.9 cm³/mol. The minimum atomic E-state index is 0.133. The van der Waals surface area contributed by atoms with Gasteiger partial charge < -0.3 is 5.11 Å². The first-order chi connectivity index (χ1) is 7.26. The smallest absolute Gasteiger partial charge is 0.0954 e. The lowest BCUT2D eigenvalue weighted by atomic mass is 10.1. The summed E-state index contributed by atoms with van der Waals surface area (Å²) in [6.07, 6.45) is 3.37. The van der Waals surface area contributed by atoms with Crippen molar-refractivity contribution >= 4 is 0 Å². The lowest BCUT2D eigenvalue weighted by Crippen LogP contribution is -2.21. The summed E-state index contributed by atoms with van der Waals surface area (Å²) in [5, 5.41) is 8.85. The lowest BCUT2D eigenvalue weighted by Gasteiger charge is -2.12. The van der Waals surface area contributed by atoms with Crippen LogP contribution in [0.3, 0.4) is 0 Å². The van der Waals surface area contributed by atoms with E-state index in [0.29, 0.717) is 0 Å². The molecule has 0 aliphatic heterocycles. The van der Waals surface area contributed by atoms with Gasteiger partial charge in [0.2, 0.25) is 0 Å². The average molecular weight is 207 g/mol. The lowest BCUT2D eigenvalue weighted by molar-refractivity contribution is 0.134. The Labute approximate surface area is 92.5 Å². The number of aryl methyl sites for hydroxylation is 1. The molecule has 0 aliphatic carbocycles. The number of benzene rings is 1. The molecule has 15 heavy (non-hydrogen) atoms. The maximum atomic E-state index is 8.85. The molecule has 0 aromatic heterocycles. The highest BCUT2D eigenvalue weighted by Gasteiger charge is 1.97. The first kappa shape index (κ1) is 12.2. The zero-order chi connectivity index (χ0) is 11.1. The van der Waals surface area contributed by atoms with Crippen LogP contribution in [-0.2, 0) is 12.8 Å². The summed E-state index contributed by atoms with van der Waals surface area (Å²) in [5.41, 5.74) is 2.76. The van der Waals surface area contributed by atoms with Crippen LogP contribution in [-0.4, -0.2) is 30.3 Å². The van der Waals surface area contributed by atoms with Gasteiger partial charge >= 0.3 is 0 Å². The van der Waals surface area contributed by atoms with Crippen LogP contribution in [0.1, 0.15) is 24.5 Å². The molecule has 0 saturated carbocycles. The average Bonchev–Trinajstić information content (AvgIpc) is 2.28. The zero-order valence-electron chi connectivity index (χ0n) is 9.74. The Balaban J connectivity index is 2.42. The molecule has 1 aromatic carbocycles. The van der Waals surface area contributed by atoms with Crippen LogP contribution in [0.5, 0.6) is 0 Å². The molecule has 84 valence electrons. The largest absolute Gasteiger partial charge is 0.381 e. The van der Waals surface area contributed by atoms with Crippen molar-refractivity contribution in [3.05, 3.63) is 35.4 Å². The monoisotopic (exact) mass is 207 g/mol. The van der Waals surface area contributed by atoms with Gasteiger partial charge in [-0.05, 0) is 31.0 Å². The SMILES string of the molecule is CCCc1ccc(CCN(C)CO)cc1. The van der Waals surface area contributed by atoms with Gasteiger partial charge in [0.15, 0.2) is 0 Å². The van der Waals surface area contributed by atoms with Gasteiger partial charge in [-0.3, -0.25) is 4.90 Å². The fraction of sp³-hybridized carbons (Fsp3) is 0.538. The molecule has 2 heteroatoms. The number of aliphatic hydroxyl groups is 1. The third kappa shape index (κ3) is 4.45. The Kier molecular flexibility index (Phi) is 5.37. The number of hydrogen-bond donors (Lipinski definition) is 1. The molecule has 0 atom stereocenters.